The van der Waals surface area contributed by atoms with Crippen LogP contribution in [0.15, 0.2) is 97.1 Å². The summed E-state index contributed by atoms with van der Waals surface area (Å²) in [6.07, 6.45) is 20.9. The first-order valence-corrected chi connectivity index (χ1v) is 32.4. The van der Waals surface area contributed by atoms with Crippen molar-refractivity contribution in [1.82, 2.24) is 0 Å². The minimum absolute atomic E-state index is 0.624. The Kier molecular flexibility index (Phi) is 13.7. The molecule has 0 amide bonds. The van der Waals surface area contributed by atoms with E-state index in [2.05, 4.69) is 138 Å². The van der Waals surface area contributed by atoms with Gasteiger partial charge in [-0.3, -0.25) is 0 Å². The number of halogens is 2. The summed E-state index contributed by atoms with van der Waals surface area (Å²) in [4.78, 5) is 0. The average molecular weight is 955 g/mol. The van der Waals surface area contributed by atoms with Gasteiger partial charge in [-0.1, -0.05) is 95.0 Å². The summed E-state index contributed by atoms with van der Waals surface area (Å²) in [6.45, 7) is 13.1. The standard InChI is InChI=1S/2C28H31.C2H6Si.2ClH.Zr/c2*1-18-6-19(2)8-25(7-18)26-5-3-4-24-12-23(13-27(24)26)17-28-14-20-9-21(15-28)11-22(10-20)16-28;1-3-2;;;/h2*3-8,12-13,20-22H,9-11,14-17H2,1-2H3;1-2H3;2*1H;/q2*-1;;;;+4/p-2. The average Bonchev–Trinajstić information content (AvgIpc) is 3.79. The third-order valence-electron chi connectivity index (χ3n) is 16.2. The van der Waals surface area contributed by atoms with E-state index in [4.69, 9.17) is 17.0 Å². The number of benzene rings is 4. The van der Waals surface area contributed by atoms with Crippen molar-refractivity contribution < 1.29 is 20.8 Å². The van der Waals surface area contributed by atoms with E-state index in [-0.39, 0.29) is 0 Å². The van der Waals surface area contributed by atoms with Crippen molar-refractivity contribution in [2.75, 3.05) is 0 Å². The summed E-state index contributed by atoms with van der Waals surface area (Å²) >= 11 is -0.826. The zero-order valence-electron chi connectivity index (χ0n) is 38.4. The predicted molar refractivity (Wildman–Crippen MR) is 267 cm³/mol. The van der Waals surface area contributed by atoms with E-state index in [1.165, 1.54) is 156 Å². The molecule has 0 saturated heterocycles. The Morgan fingerprint density at radius 3 is 1.08 bits per heavy atom. The molecular weight excluding hydrogens is 887 g/mol. The fourth-order valence-electron chi connectivity index (χ4n) is 15.4. The molecule has 322 valence electrons. The Balaban J connectivity index is 0.000000141. The molecule has 0 aromatic heterocycles. The number of fused-ring (bicyclic) bond motifs is 2. The van der Waals surface area contributed by atoms with Crippen molar-refractivity contribution in [3.63, 3.8) is 0 Å². The summed E-state index contributed by atoms with van der Waals surface area (Å²) < 4.78 is 0. The van der Waals surface area contributed by atoms with Gasteiger partial charge in [0.05, 0.1) is 0 Å². The van der Waals surface area contributed by atoms with Crippen molar-refractivity contribution in [3.8, 4) is 22.3 Å². The summed E-state index contributed by atoms with van der Waals surface area (Å²) in [5.41, 5.74) is 15.4. The van der Waals surface area contributed by atoms with Crippen LogP contribution in [0.1, 0.15) is 110 Å². The van der Waals surface area contributed by atoms with Gasteiger partial charge in [0.2, 0.25) is 0 Å². The summed E-state index contributed by atoms with van der Waals surface area (Å²) in [5.74, 6) is 6.26. The third-order valence-corrected chi connectivity index (χ3v) is 16.2. The second-order valence-corrected chi connectivity index (χ2v) is 26.6. The quantitative estimate of drug-likeness (QED) is 0.115. The Labute approximate surface area is 395 Å². The Bertz CT molecular complexity index is 2220. The Morgan fingerprint density at radius 1 is 0.500 bits per heavy atom. The molecule has 6 aromatic rings. The summed E-state index contributed by atoms with van der Waals surface area (Å²) in [6, 6.07) is 37.7. The van der Waals surface area contributed by atoms with E-state index in [0.29, 0.717) is 10.8 Å². The van der Waals surface area contributed by atoms with Crippen LogP contribution in [0.25, 0.3) is 43.8 Å². The molecule has 0 atom stereocenters. The van der Waals surface area contributed by atoms with Crippen molar-refractivity contribution >= 4 is 48.1 Å². The van der Waals surface area contributed by atoms with Crippen LogP contribution in [0.3, 0.4) is 0 Å². The zero-order valence-corrected chi connectivity index (χ0v) is 43.3. The number of hydrogen-bond acceptors (Lipinski definition) is 0. The number of rotatable bonds is 6. The van der Waals surface area contributed by atoms with Crippen LogP contribution in [0.5, 0.6) is 0 Å². The molecule has 62 heavy (non-hydrogen) atoms. The van der Waals surface area contributed by atoms with Gasteiger partial charge in [0.1, 0.15) is 0 Å². The molecule has 2 radical (unpaired) electrons. The fraction of sp³-hybridized carbons (Fsp3) is 0.483. The molecule has 0 N–H and O–H groups in total. The number of aryl methyl sites for hydroxylation is 4. The minimum atomic E-state index is -0.826. The van der Waals surface area contributed by atoms with E-state index in [1.807, 2.05) is 0 Å². The Hall–Kier alpha value is -2.22. The Morgan fingerprint density at radius 2 is 0.790 bits per heavy atom. The molecule has 8 saturated carbocycles. The van der Waals surface area contributed by atoms with Crippen LogP contribution >= 0.6 is 17.0 Å². The van der Waals surface area contributed by atoms with Gasteiger partial charge in [0, 0.05) is 9.52 Å². The van der Waals surface area contributed by atoms with Gasteiger partial charge in [-0.2, -0.15) is 12.1 Å². The molecule has 8 aliphatic rings. The second kappa shape index (κ2) is 18.9. The maximum atomic E-state index is 4.93. The second-order valence-electron chi connectivity index (χ2n) is 21.9. The molecule has 14 rings (SSSR count). The molecule has 0 spiro atoms. The summed E-state index contributed by atoms with van der Waals surface area (Å²) in [5, 5.41) is 5.76. The molecule has 8 fully saturated rings. The van der Waals surface area contributed by atoms with Crippen molar-refractivity contribution in [2.45, 2.75) is 131 Å². The van der Waals surface area contributed by atoms with Gasteiger partial charge >= 0.3 is 37.9 Å². The number of hydrogen-bond donors (Lipinski definition) is 0. The van der Waals surface area contributed by atoms with Crippen LogP contribution in [0.4, 0.5) is 0 Å². The third kappa shape index (κ3) is 9.81. The molecule has 0 nitrogen and oxygen atoms in total. The van der Waals surface area contributed by atoms with E-state index < -0.39 is 20.8 Å². The SMILES string of the molecule is C[Si]C.Cc1cc(C)cc(-c2cccc3[cH-]c(CC45CC6CC(CC(C6)C4)C5)cc23)c1.Cc1cc(C)cc(-c2cccc3[cH-]c(CC45CC6CC(CC(C6)C4)C5)cc23)c1.[Cl][Zr+2][Cl]. The van der Waals surface area contributed by atoms with Gasteiger partial charge in [-0.25, -0.2) is 0 Å². The van der Waals surface area contributed by atoms with E-state index in [1.54, 1.807) is 11.1 Å². The fourth-order valence-corrected chi connectivity index (χ4v) is 15.4. The van der Waals surface area contributed by atoms with E-state index in [0.717, 1.165) is 45.0 Å². The molecule has 6 aromatic carbocycles. The zero-order chi connectivity index (χ0) is 43.2. The van der Waals surface area contributed by atoms with Crippen molar-refractivity contribution in [1.29, 1.82) is 0 Å². The first kappa shape index (κ1) is 45.0. The van der Waals surface area contributed by atoms with Gasteiger partial charge < -0.3 is 0 Å². The van der Waals surface area contributed by atoms with E-state index in [9.17, 15) is 0 Å². The van der Waals surface area contributed by atoms with Gasteiger partial charge in [0.25, 0.3) is 0 Å². The van der Waals surface area contributed by atoms with Gasteiger partial charge in [-0.05, 0) is 175 Å². The van der Waals surface area contributed by atoms with Crippen LogP contribution in [-0.2, 0) is 33.7 Å². The monoisotopic (exact) mass is 952 g/mol. The normalized spacial score (nSPS) is 28.5. The predicted octanol–water partition coefficient (Wildman–Crippen LogP) is 17.4. The van der Waals surface area contributed by atoms with Crippen molar-refractivity contribution in [3.05, 3.63) is 130 Å². The molecular formula is C58H68Cl2SiZr. The molecule has 0 heterocycles. The molecule has 8 aliphatic carbocycles. The first-order valence-electron chi connectivity index (χ1n) is 24.0. The molecule has 8 bridgehead atoms. The molecule has 0 aliphatic heterocycles. The van der Waals surface area contributed by atoms with Crippen LogP contribution < -0.4 is 0 Å². The molecule has 4 heteroatoms. The molecule has 0 unspecified atom stereocenters. The van der Waals surface area contributed by atoms with Crippen LogP contribution in [0.2, 0.25) is 13.1 Å². The van der Waals surface area contributed by atoms with Crippen molar-refractivity contribution in [2.24, 2.45) is 46.3 Å². The van der Waals surface area contributed by atoms with Gasteiger partial charge in [-0.15, -0.1) is 69.1 Å². The maximum absolute atomic E-state index is 4.93. The van der Waals surface area contributed by atoms with Gasteiger partial charge in [0.15, 0.2) is 0 Å². The summed E-state index contributed by atoms with van der Waals surface area (Å²) in [7, 11) is 11.0. The topological polar surface area (TPSA) is 0 Å². The van der Waals surface area contributed by atoms with Crippen LogP contribution in [0, 0.1) is 74.0 Å². The van der Waals surface area contributed by atoms with Crippen LogP contribution in [-0.4, -0.2) is 9.52 Å². The van der Waals surface area contributed by atoms with E-state index >= 15 is 0 Å². The first-order chi connectivity index (χ1) is 29.9.